The highest BCUT2D eigenvalue weighted by Gasteiger charge is 2.16. The van der Waals surface area contributed by atoms with E-state index in [1.54, 1.807) is 29.0 Å². The molecule has 34 heavy (non-hydrogen) atoms. The third kappa shape index (κ3) is 4.27. The average Bonchev–Trinajstić information content (AvgIpc) is 2.80. The molecule has 0 fully saturated rings. The summed E-state index contributed by atoms with van der Waals surface area (Å²) in [5.41, 5.74) is 4.38. The maximum atomic E-state index is 13.3. The highest BCUT2D eigenvalue weighted by molar-refractivity contribution is 5.95. The summed E-state index contributed by atoms with van der Waals surface area (Å²) in [6.45, 7) is 8.35. The van der Waals surface area contributed by atoms with E-state index in [4.69, 9.17) is 4.98 Å². The summed E-state index contributed by atoms with van der Waals surface area (Å²) in [5, 5.41) is 10.3. The number of nitriles is 1. The minimum atomic E-state index is -0.430. The molecule has 3 aromatic heterocycles. The monoisotopic (exact) mass is 453 g/mol. The molecule has 0 saturated heterocycles. The lowest BCUT2D eigenvalue weighted by atomic mass is 10.1. The number of pyridine rings is 2. The van der Waals surface area contributed by atoms with E-state index in [2.05, 4.69) is 18.0 Å². The van der Waals surface area contributed by atoms with Crippen molar-refractivity contribution in [2.45, 2.75) is 53.5 Å². The fourth-order valence-corrected chi connectivity index (χ4v) is 4.28. The van der Waals surface area contributed by atoms with Crippen LogP contribution in [0, 0.1) is 32.1 Å². The lowest BCUT2D eigenvalue weighted by molar-refractivity contribution is 0.0997. The number of hydrogen-bond donors (Lipinski definition) is 0. The van der Waals surface area contributed by atoms with Crippen LogP contribution in [0.5, 0.6) is 0 Å². The summed E-state index contributed by atoms with van der Waals surface area (Å²) in [6, 6.07) is 12.9. The van der Waals surface area contributed by atoms with Crippen molar-refractivity contribution in [2.24, 2.45) is 4.99 Å². The second-order valence-corrected chi connectivity index (χ2v) is 8.68. The van der Waals surface area contributed by atoms with Crippen molar-refractivity contribution in [1.82, 2.24) is 14.0 Å². The predicted molar refractivity (Wildman–Crippen MR) is 132 cm³/mol. The molecule has 4 aromatic rings. The molecule has 0 saturated carbocycles. The summed E-state index contributed by atoms with van der Waals surface area (Å²) < 4.78 is 3.25. The summed E-state index contributed by atoms with van der Waals surface area (Å²) in [5.74, 6) is -0.430. The van der Waals surface area contributed by atoms with Gasteiger partial charge in [-0.15, -0.1) is 0 Å². The molecule has 0 unspecified atom stereocenters. The predicted octanol–water partition coefficient (Wildman–Crippen LogP) is 4.38. The normalized spacial score (nSPS) is 11.8. The van der Waals surface area contributed by atoms with E-state index >= 15 is 0 Å². The van der Waals surface area contributed by atoms with E-state index < -0.39 is 5.91 Å². The van der Waals surface area contributed by atoms with Crippen LogP contribution in [0.25, 0.3) is 16.7 Å². The minimum Gasteiger partial charge on any atom is -0.309 e. The van der Waals surface area contributed by atoms with Crippen molar-refractivity contribution >= 4 is 22.6 Å². The van der Waals surface area contributed by atoms with Gasteiger partial charge in [0.1, 0.15) is 17.4 Å². The number of unbranched alkanes of at least 4 members (excludes halogenated alkanes) is 2. The number of aromatic nitrogens is 3. The van der Waals surface area contributed by atoms with Gasteiger partial charge in [-0.1, -0.05) is 43.0 Å². The Morgan fingerprint density at radius 3 is 2.50 bits per heavy atom. The fraction of sp³-hybridized carbons (Fsp3) is 0.296. The first-order valence-electron chi connectivity index (χ1n) is 11.5. The molecular formula is C27H27N5O2. The van der Waals surface area contributed by atoms with Crippen LogP contribution in [0.4, 0.5) is 0 Å². The summed E-state index contributed by atoms with van der Waals surface area (Å²) in [6.07, 6.45) is 4.44. The van der Waals surface area contributed by atoms with E-state index in [9.17, 15) is 14.9 Å². The van der Waals surface area contributed by atoms with Crippen LogP contribution in [-0.4, -0.2) is 19.9 Å². The van der Waals surface area contributed by atoms with Crippen molar-refractivity contribution in [2.75, 3.05) is 0 Å². The van der Waals surface area contributed by atoms with E-state index in [1.807, 2.05) is 32.9 Å². The summed E-state index contributed by atoms with van der Waals surface area (Å²) in [4.78, 5) is 35.7. The number of benzene rings is 1. The molecule has 7 heteroatoms. The number of carbonyl (C=O) groups is 1. The first-order valence-corrected chi connectivity index (χ1v) is 11.5. The first kappa shape index (κ1) is 23.1. The molecule has 1 amide bonds. The Kier molecular flexibility index (Phi) is 6.42. The Balaban J connectivity index is 2.08. The number of hydrogen-bond acceptors (Lipinski definition) is 4. The Bertz CT molecular complexity index is 1580. The third-order valence-corrected chi connectivity index (χ3v) is 5.89. The van der Waals surface area contributed by atoms with Crippen molar-refractivity contribution in [3.05, 3.63) is 86.3 Å². The van der Waals surface area contributed by atoms with Crippen LogP contribution in [-0.2, 0) is 6.54 Å². The number of amides is 1. The van der Waals surface area contributed by atoms with Crippen molar-refractivity contribution in [1.29, 1.82) is 5.26 Å². The molecule has 0 N–H and O–H groups in total. The number of fused-ring (bicyclic) bond motifs is 2. The minimum absolute atomic E-state index is 0.174. The van der Waals surface area contributed by atoms with Crippen LogP contribution in [0.15, 0.2) is 52.4 Å². The first-order chi connectivity index (χ1) is 16.3. The largest absolute Gasteiger partial charge is 0.309 e. The van der Waals surface area contributed by atoms with Crippen LogP contribution >= 0.6 is 0 Å². The van der Waals surface area contributed by atoms with Gasteiger partial charge in [-0.05, 0) is 57.0 Å². The quantitative estimate of drug-likeness (QED) is 0.331. The van der Waals surface area contributed by atoms with Gasteiger partial charge in [-0.3, -0.25) is 14.0 Å². The second-order valence-electron chi connectivity index (χ2n) is 8.68. The molecule has 4 rings (SSSR count). The van der Waals surface area contributed by atoms with Gasteiger partial charge in [-0.25, -0.2) is 4.98 Å². The van der Waals surface area contributed by atoms with Gasteiger partial charge < -0.3 is 4.57 Å². The van der Waals surface area contributed by atoms with E-state index in [-0.39, 0.29) is 16.6 Å². The molecule has 3 heterocycles. The van der Waals surface area contributed by atoms with Crippen LogP contribution in [0.1, 0.15) is 58.8 Å². The van der Waals surface area contributed by atoms with Gasteiger partial charge in [0, 0.05) is 18.3 Å². The number of nitrogens with zero attached hydrogens (tertiary/aromatic N) is 5. The molecule has 0 radical (unpaired) electrons. The van der Waals surface area contributed by atoms with Crippen molar-refractivity contribution < 1.29 is 4.79 Å². The number of aryl methyl sites for hydroxylation is 4. The molecule has 0 aliphatic rings. The maximum absolute atomic E-state index is 13.3. The zero-order valence-corrected chi connectivity index (χ0v) is 19.9. The summed E-state index contributed by atoms with van der Waals surface area (Å²) >= 11 is 0. The van der Waals surface area contributed by atoms with Crippen molar-refractivity contribution in [3.8, 4) is 6.07 Å². The van der Waals surface area contributed by atoms with Gasteiger partial charge in [0.25, 0.3) is 11.5 Å². The van der Waals surface area contributed by atoms with Gasteiger partial charge in [0.05, 0.1) is 10.9 Å². The highest BCUT2D eigenvalue weighted by atomic mass is 16.1. The molecule has 7 nitrogen and oxygen atoms in total. The molecule has 0 spiro atoms. The standard InChI is InChI=1S/C27H27N5O2/c1-5-6-7-10-31-24(30-26(33)20-13-17(2)12-18(3)14-20)21(16-28)15-22-25(31)29-23-19(4)9-8-11-32(23)27(22)34/h8-9,11-15H,5-7,10H2,1-4H3. The van der Waals surface area contributed by atoms with Gasteiger partial charge >= 0.3 is 0 Å². The topological polar surface area (TPSA) is 92.5 Å². The van der Waals surface area contributed by atoms with Gasteiger partial charge in [0.15, 0.2) is 5.49 Å². The van der Waals surface area contributed by atoms with E-state index in [1.165, 1.54) is 10.5 Å². The highest BCUT2D eigenvalue weighted by Crippen LogP contribution is 2.14. The molecule has 0 aliphatic heterocycles. The molecule has 0 atom stereocenters. The Hall–Kier alpha value is -4.05. The van der Waals surface area contributed by atoms with E-state index in [0.717, 1.165) is 36.0 Å². The average molecular weight is 454 g/mol. The fourth-order valence-electron chi connectivity index (χ4n) is 4.28. The zero-order valence-electron chi connectivity index (χ0n) is 19.9. The Labute approximate surface area is 197 Å². The van der Waals surface area contributed by atoms with Gasteiger partial charge in [0.2, 0.25) is 0 Å². The molecule has 172 valence electrons. The van der Waals surface area contributed by atoms with Crippen LogP contribution in [0.3, 0.4) is 0 Å². The lowest BCUT2D eigenvalue weighted by Crippen LogP contribution is -2.29. The SMILES string of the molecule is CCCCCn1c(=NC(=O)c2cc(C)cc(C)c2)c(C#N)cc2c(=O)n3cccc(C)c3nc21. The van der Waals surface area contributed by atoms with Crippen molar-refractivity contribution in [3.63, 3.8) is 0 Å². The van der Waals surface area contributed by atoms with Crippen LogP contribution < -0.4 is 11.0 Å². The molecule has 0 bridgehead atoms. The number of rotatable bonds is 5. The van der Waals surface area contributed by atoms with Crippen LogP contribution in [0.2, 0.25) is 0 Å². The lowest BCUT2D eigenvalue weighted by Gasteiger charge is -2.14. The Morgan fingerprint density at radius 2 is 1.82 bits per heavy atom. The van der Waals surface area contributed by atoms with Gasteiger partial charge in [-0.2, -0.15) is 10.3 Å². The molecule has 0 aliphatic carbocycles. The zero-order chi connectivity index (χ0) is 24.4. The van der Waals surface area contributed by atoms with E-state index in [0.29, 0.717) is 28.8 Å². The number of carbonyl (C=O) groups excluding carboxylic acids is 1. The smallest absolute Gasteiger partial charge is 0.279 e. The maximum Gasteiger partial charge on any atom is 0.279 e. The third-order valence-electron chi connectivity index (χ3n) is 5.89. The molecular weight excluding hydrogens is 426 g/mol. The summed E-state index contributed by atoms with van der Waals surface area (Å²) in [7, 11) is 0. The second kappa shape index (κ2) is 9.44. The Morgan fingerprint density at radius 1 is 1.09 bits per heavy atom. The molecule has 1 aromatic carbocycles.